The zero-order chi connectivity index (χ0) is 15.5. The summed E-state index contributed by atoms with van der Waals surface area (Å²) < 4.78 is 5.87. The number of nitrogens with one attached hydrogen (secondary N) is 1. The van der Waals surface area contributed by atoms with E-state index in [1.807, 2.05) is 0 Å². The maximum atomic E-state index is 11.1. The minimum atomic E-state index is -0.370. The van der Waals surface area contributed by atoms with Crippen LogP contribution in [0.1, 0.15) is 52.0 Å². The molecule has 0 bridgehead atoms. The van der Waals surface area contributed by atoms with Gasteiger partial charge in [-0.25, -0.2) is 0 Å². The number of rotatable bonds is 5. The molecule has 0 spiro atoms. The van der Waals surface area contributed by atoms with Gasteiger partial charge in [-0.15, -0.1) is 0 Å². The molecular weight excluding hydrogens is 268 g/mol. The van der Waals surface area contributed by atoms with Crippen molar-refractivity contribution < 1.29 is 9.66 Å². The number of nitrogens with zero attached hydrogens (tertiary/aromatic N) is 1. The molecule has 0 heterocycles. The molecule has 116 valence electrons. The van der Waals surface area contributed by atoms with Crippen molar-refractivity contribution in [2.45, 2.75) is 64.6 Å². The molecular formula is C16H24N2O3. The molecule has 0 aliphatic heterocycles. The predicted octanol–water partition coefficient (Wildman–Crippen LogP) is 3.80. The van der Waals surface area contributed by atoms with Crippen LogP contribution in [0, 0.1) is 10.1 Å². The Balaban J connectivity index is 2.15. The monoisotopic (exact) mass is 292 g/mol. The Hall–Kier alpha value is -1.62. The first-order chi connectivity index (χ1) is 9.85. The molecule has 5 nitrogen and oxygen atoms in total. The summed E-state index contributed by atoms with van der Waals surface area (Å²) in [5.41, 5.74) is 1.07. The van der Waals surface area contributed by atoms with Crippen LogP contribution in [-0.2, 0) is 6.54 Å². The van der Waals surface area contributed by atoms with Gasteiger partial charge in [0.15, 0.2) is 5.75 Å². The second kappa shape index (κ2) is 6.43. The summed E-state index contributed by atoms with van der Waals surface area (Å²) in [6.45, 7) is 6.94. The first kappa shape index (κ1) is 15.8. The van der Waals surface area contributed by atoms with Crippen LogP contribution in [0.5, 0.6) is 5.75 Å². The summed E-state index contributed by atoms with van der Waals surface area (Å²) >= 11 is 0. The van der Waals surface area contributed by atoms with Gasteiger partial charge in [0.2, 0.25) is 0 Å². The fraction of sp³-hybridized carbons (Fsp3) is 0.625. The molecule has 1 saturated carbocycles. The summed E-state index contributed by atoms with van der Waals surface area (Å²) in [7, 11) is 0. The zero-order valence-electron chi connectivity index (χ0n) is 13.0. The molecule has 5 heteroatoms. The standard InChI is InChI=1S/C16H24N2O3/c1-16(2,3)17-11-12-8-9-14(18(19)20)15(10-12)21-13-6-4-5-7-13/h8-10,13,17H,4-7,11H2,1-3H3. The zero-order valence-corrected chi connectivity index (χ0v) is 13.0. The van der Waals surface area contributed by atoms with Crippen molar-refractivity contribution in [1.29, 1.82) is 0 Å². The Morgan fingerprint density at radius 1 is 1.33 bits per heavy atom. The molecule has 2 rings (SSSR count). The van der Waals surface area contributed by atoms with Gasteiger partial charge in [-0.05, 0) is 58.1 Å². The van der Waals surface area contributed by atoms with E-state index in [0.717, 1.165) is 31.2 Å². The van der Waals surface area contributed by atoms with E-state index in [4.69, 9.17) is 4.74 Å². The Morgan fingerprint density at radius 3 is 2.57 bits per heavy atom. The lowest BCUT2D eigenvalue weighted by Gasteiger charge is -2.21. The number of nitro benzene ring substituents is 1. The maximum absolute atomic E-state index is 11.1. The molecule has 0 aromatic heterocycles. The number of ether oxygens (including phenoxy) is 1. The summed E-state index contributed by atoms with van der Waals surface area (Å²) in [6, 6.07) is 5.14. The quantitative estimate of drug-likeness (QED) is 0.662. The van der Waals surface area contributed by atoms with Crippen molar-refractivity contribution >= 4 is 5.69 Å². The highest BCUT2D eigenvalue weighted by atomic mass is 16.6. The van der Waals surface area contributed by atoms with Gasteiger partial charge in [0, 0.05) is 18.2 Å². The lowest BCUT2D eigenvalue weighted by molar-refractivity contribution is -0.386. The summed E-state index contributed by atoms with van der Waals surface area (Å²) in [4.78, 5) is 10.8. The average Bonchev–Trinajstić information content (AvgIpc) is 2.88. The smallest absolute Gasteiger partial charge is 0.310 e. The highest BCUT2D eigenvalue weighted by Crippen LogP contribution is 2.32. The average molecular weight is 292 g/mol. The third kappa shape index (κ3) is 4.70. The van der Waals surface area contributed by atoms with Crippen LogP contribution >= 0.6 is 0 Å². The normalized spacial score (nSPS) is 16.1. The van der Waals surface area contributed by atoms with Gasteiger partial charge < -0.3 is 10.1 Å². The van der Waals surface area contributed by atoms with Crippen LogP contribution in [-0.4, -0.2) is 16.6 Å². The van der Waals surface area contributed by atoms with Crippen LogP contribution in [0.2, 0.25) is 0 Å². The van der Waals surface area contributed by atoms with Crippen LogP contribution in [0.25, 0.3) is 0 Å². The number of nitro groups is 1. The minimum Gasteiger partial charge on any atom is -0.483 e. The predicted molar refractivity (Wildman–Crippen MR) is 82.6 cm³/mol. The fourth-order valence-electron chi connectivity index (χ4n) is 2.47. The number of benzene rings is 1. The minimum absolute atomic E-state index is 0.00818. The third-order valence-corrected chi connectivity index (χ3v) is 3.64. The Morgan fingerprint density at radius 2 is 2.00 bits per heavy atom. The molecule has 0 radical (unpaired) electrons. The van der Waals surface area contributed by atoms with Crippen molar-refractivity contribution in [2.24, 2.45) is 0 Å². The van der Waals surface area contributed by atoms with Crippen LogP contribution in [0.15, 0.2) is 18.2 Å². The topological polar surface area (TPSA) is 64.4 Å². The molecule has 1 N–H and O–H groups in total. The van der Waals surface area contributed by atoms with Gasteiger partial charge in [-0.1, -0.05) is 6.07 Å². The molecule has 0 unspecified atom stereocenters. The van der Waals surface area contributed by atoms with Crippen LogP contribution in [0.4, 0.5) is 5.69 Å². The first-order valence-corrected chi connectivity index (χ1v) is 7.54. The summed E-state index contributed by atoms with van der Waals surface area (Å²) in [6.07, 6.45) is 4.38. The lowest BCUT2D eigenvalue weighted by Crippen LogP contribution is -2.35. The van der Waals surface area contributed by atoms with Gasteiger partial charge in [-0.2, -0.15) is 0 Å². The molecule has 1 aromatic rings. The van der Waals surface area contributed by atoms with Crippen LogP contribution < -0.4 is 10.1 Å². The molecule has 0 amide bonds. The molecule has 21 heavy (non-hydrogen) atoms. The molecule has 1 aromatic carbocycles. The van der Waals surface area contributed by atoms with Gasteiger partial charge >= 0.3 is 5.69 Å². The molecule has 1 aliphatic carbocycles. The van der Waals surface area contributed by atoms with Gasteiger partial charge in [0.05, 0.1) is 11.0 Å². The largest absolute Gasteiger partial charge is 0.483 e. The molecule has 1 fully saturated rings. The van der Waals surface area contributed by atoms with Crippen molar-refractivity contribution in [2.75, 3.05) is 0 Å². The second-order valence-corrected chi connectivity index (χ2v) is 6.69. The van der Waals surface area contributed by atoms with E-state index < -0.39 is 0 Å². The Kier molecular flexibility index (Phi) is 4.83. The maximum Gasteiger partial charge on any atom is 0.310 e. The van der Waals surface area contributed by atoms with E-state index in [-0.39, 0.29) is 22.3 Å². The SMILES string of the molecule is CC(C)(C)NCc1ccc([N+](=O)[O-])c(OC2CCCC2)c1. The Labute approximate surface area is 125 Å². The van der Waals surface area contributed by atoms with Crippen molar-refractivity contribution in [1.82, 2.24) is 5.32 Å². The van der Waals surface area contributed by atoms with E-state index in [1.54, 1.807) is 18.2 Å². The van der Waals surface area contributed by atoms with Gasteiger partial charge in [0.1, 0.15) is 0 Å². The van der Waals surface area contributed by atoms with Gasteiger partial charge in [-0.3, -0.25) is 10.1 Å². The van der Waals surface area contributed by atoms with E-state index in [9.17, 15) is 10.1 Å². The lowest BCUT2D eigenvalue weighted by atomic mass is 10.1. The van der Waals surface area contributed by atoms with E-state index in [0.29, 0.717) is 12.3 Å². The highest BCUT2D eigenvalue weighted by Gasteiger charge is 2.22. The highest BCUT2D eigenvalue weighted by molar-refractivity contribution is 5.48. The van der Waals surface area contributed by atoms with Crippen molar-refractivity contribution in [3.8, 4) is 5.75 Å². The third-order valence-electron chi connectivity index (χ3n) is 3.64. The van der Waals surface area contributed by atoms with Crippen molar-refractivity contribution in [3.05, 3.63) is 33.9 Å². The second-order valence-electron chi connectivity index (χ2n) is 6.69. The summed E-state index contributed by atoms with van der Waals surface area (Å²) in [5.74, 6) is 0.403. The first-order valence-electron chi connectivity index (χ1n) is 7.54. The van der Waals surface area contributed by atoms with Crippen LogP contribution in [0.3, 0.4) is 0 Å². The molecule has 0 atom stereocenters. The van der Waals surface area contributed by atoms with E-state index in [1.165, 1.54) is 0 Å². The molecule has 1 aliphatic rings. The Bertz CT molecular complexity index is 503. The van der Waals surface area contributed by atoms with Gasteiger partial charge in [0.25, 0.3) is 0 Å². The van der Waals surface area contributed by atoms with E-state index in [2.05, 4.69) is 26.1 Å². The fourth-order valence-corrected chi connectivity index (χ4v) is 2.47. The van der Waals surface area contributed by atoms with E-state index >= 15 is 0 Å². The van der Waals surface area contributed by atoms with Crippen molar-refractivity contribution in [3.63, 3.8) is 0 Å². The number of hydrogen-bond acceptors (Lipinski definition) is 4. The molecule has 0 saturated heterocycles. The number of hydrogen-bond donors (Lipinski definition) is 1. The summed E-state index contributed by atoms with van der Waals surface area (Å²) in [5, 5.41) is 14.5.